The molecule has 0 amide bonds. The summed E-state index contributed by atoms with van der Waals surface area (Å²) in [6.45, 7) is 2.65. The molecule has 146 valence electrons. The van der Waals surface area contributed by atoms with Crippen molar-refractivity contribution in [3.8, 4) is 5.75 Å². The first kappa shape index (κ1) is 20.6. The van der Waals surface area contributed by atoms with Gasteiger partial charge in [0.2, 0.25) is 0 Å². The van der Waals surface area contributed by atoms with Crippen molar-refractivity contribution in [2.24, 2.45) is 5.92 Å². The van der Waals surface area contributed by atoms with Gasteiger partial charge in [0.15, 0.2) is 5.78 Å². The van der Waals surface area contributed by atoms with Gasteiger partial charge in [-0.2, -0.15) is 0 Å². The van der Waals surface area contributed by atoms with Crippen molar-refractivity contribution in [1.29, 1.82) is 0 Å². The Morgan fingerprint density at radius 1 is 1.30 bits per heavy atom. The third-order valence-electron chi connectivity index (χ3n) is 4.37. The van der Waals surface area contributed by atoms with Crippen LogP contribution in [0.25, 0.3) is 0 Å². The lowest BCUT2D eigenvalue weighted by Crippen LogP contribution is -2.24. The van der Waals surface area contributed by atoms with E-state index < -0.39 is 0 Å². The molecule has 3 rings (SSSR count). The maximum absolute atomic E-state index is 12.7. The number of hydrogen-bond acceptors (Lipinski definition) is 5. The molecule has 0 spiro atoms. The summed E-state index contributed by atoms with van der Waals surface area (Å²) in [7, 11) is 0. The van der Waals surface area contributed by atoms with Gasteiger partial charge in [0.1, 0.15) is 5.75 Å². The topological polar surface area (TPSA) is 90.7 Å². The van der Waals surface area contributed by atoms with Gasteiger partial charge in [-0.15, -0.1) is 0 Å². The number of carbonyl (C=O) groups excluding carboxylic acids is 1. The van der Waals surface area contributed by atoms with Crippen molar-refractivity contribution >= 4 is 12.3 Å². The Bertz CT molecular complexity index is 681. The van der Waals surface area contributed by atoms with Crippen molar-refractivity contribution in [3.05, 3.63) is 48.5 Å². The zero-order valence-electron chi connectivity index (χ0n) is 15.3. The van der Waals surface area contributed by atoms with Crippen LogP contribution >= 0.6 is 0 Å². The zero-order valence-corrected chi connectivity index (χ0v) is 15.3. The molecule has 0 unspecified atom stereocenters. The molecule has 2 heterocycles. The molecule has 1 fully saturated rings. The Balaban J connectivity index is 0.000000817. The van der Waals surface area contributed by atoms with Crippen LogP contribution in [-0.4, -0.2) is 46.7 Å². The van der Waals surface area contributed by atoms with E-state index in [9.17, 15) is 4.79 Å². The van der Waals surface area contributed by atoms with E-state index in [1.54, 1.807) is 6.20 Å². The Morgan fingerprint density at radius 2 is 2.04 bits per heavy atom. The summed E-state index contributed by atoms with van der Waals surface area (Å²) in [5.41, 5.74) is 0.707. The van der Waals surface area contributed by atoms with Gasteiger partial charge in [0.05, 0.1) is 18.5 Å². The zero-order chi connectivity index (χ0) is 19.3. The molecule has 0 bridgehead atoms. The average Bonchev–Trinajstić information content (AvgIpc) is 3.22. The van der Waals surface area contributed by atoms with Gasteiger partial charge in [-0.1, -0.05) is 12.1 Å². The van der Waals surface area contributed by atoms with Crippen molar-refractivity contribution in [2.45, 2.75) is 32.2 Å². The molecular weight excluding hydrogens is 348 g/mol. The molecule has 7 nitrogen and oxygen atoms in total. The molecule has 1 N–H and O–H groups in total. The van der Waals surface area contributed by atoms with Gasteiger partial charge in [-0.3, -0.25) is 9.59 Å². The summed E-state index contributed by atoms with van der Waals surface area (Å²) in [5, 5.41) is 6.89. The first-order valence-corrected chi connectivity index (χ1v) is 9.13. The van der Waals surface area contributed by atoms with Crippen LogP contribution in [-0.2, 0) is 16.1 Å². The first-order chi connectivity index (χ1) is 13.3. The van der Waals surface area contributed by atoms with Gasteiger partial charge in [0, 0.05) is 38.1 Å². The summed E-state index contributed by atoms with van der Waals surface area (Å²) < 4.78 is 13.3. The van der Waals surface area contributed by atoms with Crippen LogP contribution in [0.2, 0.25) is 0 Å². The summed E-state index contributed by atoms with van der Waals surface area (Å²) in [4.78, 5) is 25.1. The number of carboxylic acid groups (broad SMARTS) is 1. The second-order valence-corrected chi connectivity index (χ2v) is 6.21. The molecule has 0 radical (unpaired) electrons. The molecule has 0 aliphatic carbocycles. The van der Waals surface area contributed by atoms with E-state index in [2.05, 4.69) is 9.55 Å². The fraction of sp³-hybridized carbons (Fsp3) is 0.450. The number of hydrogen-bond donors (Lipinski definition) is 1. The molecule has 7 heteroatoms. The number of rotatable bonds is 8. The number of ketones is 1. The number of aryl methyl sites for hydroxylation is 1. The van der Waals surface area contributed by atoms with Crippen molar-refractivity contribution in [1.82, 2.24) is 9.55 Å². The molecule has 1 aliphatic rings. The second-order valence-electron chi connectivity index (χ2n) is 6.21. The highest BCUT2D eigenvalue weighted by Gasteiger charge is 2.24. The molecule has 1 aliphatic heterocycles. The number of nitrogens with zero attached hydrogens (tertiary/aromatic N) is 2. The summed E-state index contributed by atoms with van der Waals surface area (Å²) in [6, 6.07) is 7.58. The molecule has 0 atom stereocenters. The van der Waals surface area contributed by atoms with Gasteiger partial charge >= 0.3 is 0 Å². The minimum Gasteiger partial charge on any atom is -0.493 e. The van der Waals surface area contributed by atoms with Crippen LogP contribution in [0.4, 0.5) is 0 Å². The minimum atomic E-state index is -0.250. The van der Waals surface area contributed by atoms with Gasteiger partial charge in [-0.05, 0) is 37.8 Å². The second kappa shape index (κ2) is 11.9. The number of aromatic nitrogens is 2. The number of Topliss-reactive ketones (excluding diaryl/α,β-unsaturated/α-hetero) is 1. The van der Waals surface area contributed by atoms with Crippen LogP contribution < -0.4 is 4.74 Å². The molecule has 0 saturated carbocycles. The number of unbranched alkanes of at least 4 members (excludes halogenated alkanes) is 1. The third-order valence-corrected chi connectivity index (χ3v) is 4.37. The highest BCUT2D eigenvalue weighted by molar-refractivity contribution is 6.00. The van der Waals surface area contributed by atoms with E-state index in [0.29, 0.717) is 31.1 Å². The quantitative estimate of drug-likeness (QED) is 0.434. The molecule has 1 aromatic heterocycles. The lowest BCUT2D eigenvalue weighted by molar-refractivity contribution is -0.122. The minimum absolute atomic E-state index is 0.0599. The summed E-state index contributed by atoms with van der Waals surface area (Å²) in [6.07, 6.45) is 9.14. The highest BCUT2D eigenvalue weighted by Crippen LogP contribution is 2.26. The van der Waals surface area contributed by atoms with Crippen LogP contribution in [0.15, 0.2) is 43.0 Å². The monoisotopic (exact) mass is 374 g/mol. The Kier molecular flexibility index (Phi) is 9.06. The van der Waals surface area contributed by atoms with E-state index in [1.807, 2.05) is 36.8 Å². The Hall–Kier alpha value is -2.67. The average molecular weight is 374 g/mol. The van der Waals surface area contributed by atoms with Crippen LogP contribution in [0.5, 0.6) is 5.75 Å². The van der Waals surface area contributed by atoms with E-state index in [0.717, 1.165) is 32.2 Å². The fourth-order valence-corrected chi connectivity index (χ4v) is 2.97. The lowest BCUT2D eigenvalue weighted by Gasteiger charge is -2.21. The van der Waals surface area contributed by atoms with Gasteiger partial charge < -0.3 is 19.1 Å². The standard InChI is InChI=1S/C19H24N2O3.CH2O2/c22-19(16-7-13-23-14-8-16)17-5-1-2-6-18(17)24-12-4-3-10-21-11-9-20-15-21;2-1-3/h1-2,5-6,9,11,15-16H,3-4,7-8,10,12-14H2;1H,(H,2,3). The van der Waals surface area contributed by atoms with E-state index in [4.69, 9.17) is 19.4 Å². The number of benzene rings is 1. The van der Waals surface area contributed by atoms with Crippen molar-refractivity contribution in [2.75, 3.05) is 19.8 Å². The van der Waals surface area contributed by atoms with Crippen LogP contribution in [0.3, 0.4) is 0 Å². The maximum atomic E-state index is 12.7. The van der Waals surface area contributed by atoms with E-state index in [-0.39, 0.29) is 18.2 Å². The number of ether oxygens (including phenoxy) is 2. The SMILES string of the molecule is O=C(c1ccccc1OCCCCn1ccnc1)C1CCOCC1.O=CO. The maximum Gasteiger partial charge on any atom is 0.290 e. The Morgan fingerprint density at radius 3 is 2.74 bits per heavy atom. The normalized spacial score (nSPS) is 14.1. The smallest absolute Gasteiger partial charge is 0.290 e. The van der Waals surface area contributed by atoms with E-state index in [1.165, 1.54) is 0 Å². The predicted octanol–water partition coefficient (Wildman–Crippen LogP) is 3.05. The molecule has 1 saturated heterocycles. The van der Waals surface area contributed by atoms with Crippen LogP contribution in [0, 0.1) is 5.92 Å². The molecule has 1 aromatic carbocycles. The van der Waals surface area contributed by atoms with Gasteiger partial charge in [0.25, 0.3) is 6.47 Å². The third kappa shape index (κ3) is 6.86. The molecule has 27 heavy (non-hydrogen) atoms. The van der Waals surface area contributed by atoms with Gasteiger partial charge in [-0.25, -0.2) is 4.98 Å². The molecular formula is C20H26N2O5. The molecule has 2 aromatic rings. The number of para-hydroxylation sites is 1. The summed E-state index contributed by atoms with van der Waals surface area (Å²) in [5.74, 6) is 0.952. The first-order valence-electron chi connectivity index (χ1n) is 9.13. The Labute approximate surface area is 158 Å². The largest absolute Gasteiger partial charge is 0.493 e. The predicted molar refractivity (Wildman–Crippen MR) is 100.0 cm³/mol. The van der Waals surface area contributed by atoms with Crippen molar-refractivity contribution < 1.29 is 24.2 Å². The van der Waals surface area contributed by atoms with E-state index >= 15 is 0 Å². The highest BCUT2D eigenvalue weighted by atomic mass is 16.5. The fourth-order valence-electron chi connectivity index (χ4n) is 2.97. The summed E-state index contributed by atoms with van der Waals surface area (Å²) >= 11 is 0. The van der Waals surface area contributed by atoms with Crippen LogP contribution in [0.1, 0.15) is 36.0 Å². The lowest BCUT2D eigenvalue weighted by atomic mass is 9.90. The van der Waals surface area contributed by atoms with Crippen molar-refractivity contribution in [3.63, 3.8) is 0 Å². The number of carbonyl (C=O) groups is 2. The number of imidazole rings is 1.